The first-order valence-corrected chi connectivity index (χ1v) is 7.05. The fourth-order valence-corrected chi connectivity index (χ4v) is 2.85. The number of hydrogen-bond donors (Lipinski definition) is 0. The van der Waals surface area contributed by atoms with Crippen LogP contribution in [0.1, 0.15) is 24.4 Å². The van der Waals surface area contributed by atoms with Crippen LogP contribution < -0.4 is 9.64 Å². The monoisotopic (exact) mass is 289 g/mol. The molecular formula is C15H16ClN3O. The second-order valence-electron chi connectivity index (χ2n) is 4.81. The molecule has 20 heavy (non-hydrogen) atoms. The molecule has 104 valence electrons. The molecule has 0 N–H and O–H groups in total. The van der Waals surface area contributed by atoms with Gasteiger partial charge in [-0.2, -0.15) is 4.98 Å². The van der Waals surface area contributed by atoms with Crippen LogP contribution in [0.2, 0.25) is 5.02 Å². The molecule has 2 aromatic rings. The number of hydrogen-bond acceptors (Lipinski definition) is 4. The maximum atomic E-state index is 6.09. The fourth-order valence-electron chi connectivity index (χ4n) is 2.65. The van der Waals surface area contributed by atoms with Gasteiger partial charge in [-0.1, -0.05) is 23.7 Å². The molecule has 1 aromatic heterocycles. The van der Waals surface area contributed by atoms with E-state index in [0.29, 0.717) is 11.8 Å². The highest BCUT2D eigenvalue weighted by atomic mass is 35.5. The lowest BCUT2D eigenvalue weighted by atomic mass is 10.1. The number of benzene rings is 1. The smallest absolute Gasteiger partial charge is 0.229 e. The van der Waals surface area contributed by atoms with Gasteiger partial charge in [0, 0.05) is 23.8 Å². The van der Waals surface area contributed by atoms with Crippen LogP contribution in [0.5, 0.6) is 5.88 Å². The van der Waals surface area contributed by atoms with Gasteiger partial charge in [0.25, 0.3) is 0 Å². The van der Waals surface area contributed by atoms with Crippen LogP contribution >= 0.6 is 11.6 Å². The molecule has 0 saturated carbocycles. The lowest BCUT2D eigenvalue weighted by Gasteiger charge is -2.25. The molecule has 0 amide bonds. The van der Waals surface area contributed by atoms with Gasteiger partial charge in [0.2, 0.25) is 11.8 Å². The molecule has 1 atom stereocenters. The van der Waals surface area contributed by atoms with Gasteiger partial charge in [-0.05, 0) is 30.5 Å². The maximum Gasteiger partial charge on any atom is 0.229 e. The van der Waals surface area contributed by atoms with Crippen molar-refractivity contribution in [3.63, 3.8) is 0 Å². The molecule has 1 aliphatic rings. The van der Waals surface area contributed by atoms with Crippen LogP contribution in [0.15, 0.2) is 36.5 Å². The summed E-state index contributed by atoms with van der Waals surface area (Å²) in [4.78, 5) is 11.0. The van der Waals surface area contributed by atoms with Crippen molar-refractivity contribution in [3.05, 3.63) is 47.1 Å². The molecule has 0 radical (unpaired) electrons. The number of rotatable bonds is 3. The molecule has 1 aromatic carbocycles. The fraction of sp³-hybridized carbons (Fsp3) is 0.333. The molecule has 0 spiro atoms. The minimum absolute atomic E-state index is 0.279. The first-order chi connectivity index (χ1) is 9.78. The Balaban J connectivity index is 1.92. The summed E-state index contributed by atoms with van der Waals surface area (Å²) in [5, 5.41) is 0.765. The van der Waals surface area contributed by atoms with Gasteiger partial charge in [0.15, 0.2) is 0 Å². The summed E-state index contributed by atoms with van der Waals surface area (Å²) < 4.78 is 5.18. The van der Waals surface area contributed by atoms with Crippen LogP contribution in [0.4, 0.5) is 5.95 Å². The number of methoxy groups -OCH3 is 1. The highest BCUT2D eigenvalue weighted by molar-refractivity contribution is 6.30. The summed E-state index contributed by atoms with van der Waals surface area (Å²) >= 11 is 6.09. The number of ether oxygens (including phenoxy) is 1. The SMILES string of the molecule is COc1ccnc(N2CCC[C@@H]2c2cccc(Cl)c2)n1. The second-order valence-corrected chi connectivity index (χ2v) is 5.24. The van der Waals surface area contributed by atoms with Crippen LogP contribution in [0.25, 0.3) is 0 Å². The summed E-state index contributed by atoms with van der Waals surface area (Å²) in [6.07, 6.45) is 3.94. The second kappa shape index (κ2) is 5.67. The quantitative estimate of drug-likeness (QED) is 0.867. The standard InChI is InChI=1S/C15H16ClN3O/c1-20-14-7-8-17-15(18-14)19-9-3-6-13(19)11-4-2-5-12(16)10-11/h2,4-5,7-8,10,13H,3,6,9H2,1H3/t13-/m1/s1. The van der Waals surface area contributed by atoms with Crippen molar-refractivity contribution in [1.82, 2.24) is 9.97 Å². The van der Waals surface area contributed by atoms with Gasteiger partial charge in [0.1, 0.15) is 0 Å². The van der Waals surface area contributed by atoms with Crippen LogP contribution in [-0.2, 0) is 0 Å². The molecule has 0 aliphatic carbocycles. The van der Waals surface area contributed by atoms with Crippen LogP contribution in [-0.4, -0.2) is 23.6 Å². The van der Waals surface area contributed by atoms with Gasteiger partial charge in [-0.3, -0.25) is 0 Å². The summed E-state index contributed by atoms with van der Waals surface area (Å²) in [6, 6.07) is 10.0. The van der Waals surface area contributed by atoms with Crippen molar-refractivity contribution in [2.24, 2.45) is 0 Å². The van der Waals surface area contributed by atoms with E-state index in [-0.39, 0.29) is 6.04 Å². The highest BCUT2D eigenvalue weighted by Gasteiger charge is 2.28. The van der Waals surface area contributed by atoms with Crippen molar-refractivity contribution >= 4 is 17.5 Å². The average Bonchev–Trinajstić information content (AvgIpc) is 2.97. The lowest BCUT2D eigenvalue weighted by molar-refractivity contribution is 0.396. The first kappa shape index (κ1) is 13.2. The Kier molecular flexibility index (Phi) is 3.74. The minimum atomic E-state index is 0.279. The summed E-state index contributed by atoms with van der Waals surface area (Å²) in [6.45, 7) is 0.949. The Hall–Kier alpha value is -1.81. The van der Waals surface area contributed by atoms with E-state index in [1.165, 1.54) is 5.56 Å². The third-order valence-corrected chi connectivity index (χ3v) is 3.80. The number of aromatic nitrogens is 2. The number of anilines is 1. The Morgan fingerprint density at radius 2 is 2.25 bits per heavy atom. The molecule has 1 aliphatic heterocycles. The molecule has 1 saturated heterocycles. The van der Waals surface area contributed by atoms with Crippen LogP contribution in [0, 0.1) is 0 Å². The van der Waals surface area contributed by atoms with Gasteiger partial charge < -0.3 is 9.64 Å². The Morgan fingerprint density at radius 3 is 3.05 bits per heavy atom. The minimum Gasteiger partial charge on any atom is -0.481 e. The molecule has 1 fully saturated rings. The predicted octanol–water partition coefficient (Wildman–Crippen LogP) is 3.48. The molecule has 4 nitrogen and oxygen atoms in total. The zero-order chi connectivity index (χ0) is 13.9. The lowest BCUT2D eigenvalue weighted by Crippen LogP contribution is -2.24. The van der Waals surface area contributed by atoms with E-state index >= 15 is 0 Å². The van der Waals surface area contributed by atoms with Gasteiger partial charge >= 0.3 is 0 Å². The highest BCUT2D eigenvalue weighted by Crippen LogP contribution is 2.35. The molecule has 0 bridgehead atoms. The Labute approximate surface area is 123 Å². The van der Waals surface area contributed by atoms with Crippen molar-refractivity contribution < 1.29 is 4.74 Å². The number of halogens is 1. The summed E-state index contributed by atoms with van der Waals surface area (Å²) in [5.74, 6) is 1.30. The third-order valence-electron chi connectivity index (χ3n) is 3.57. The maximum absolute atomic E-state index is 6.09. The van der Waals surface area contributed by atoms with E-state index < -0.39 is 0 Å². The van der Waals surface area contributed by atoms with Gasteiger partial charge in [-0.15, -0.1) is 0 Å². The number of nitrogens with zero attached hydrogens (tertiary/aromatic N) is 3. The van der Waals surface area contributed by atoms with Crippen LogP contribution in [0.3, 0.4) is 0 Å². The molecule has 3 rings (SSSR count). The van der Waals surface area contributed by atoms with E-state index in [0.717, 1.165) is 24.4 Å². The summed E-state index contributed by atoms with van der Waals surface area (Å²) in [5.41, 5.74) is 1.21. The molecule has 2 heterocycles. The summed E-state index contributed by atoms with van der Waals surface area (Å²) in [7, 11) is 1.62. The Morgan fingerprint density at radius 1 is 1.35 bits per heavy atom. The normalized spacial score (nSPS) is 18.3. The van der Waals surface area contributed by atoms with E-state index in [4.69, 9.17) is 16.3 Å². The molecular weight excluding hydrogens is 274 g/mol. The van der Waals surface area contributed by atoms with E-state index in [9.17, 15) is 0 Å². The molecule has 0 unspecified atom stereocenters. The Bertz CT molecular complexity index is 605. The zero-order valence-electron chi connectivity index (χ0n) is 11.3. The van der Waals surface area contributed by atoms with Crippen molar-refractivity contribution in [2.75, 3.05) is 18.6 Å². The van der Waals surface area contributed by atoms with Crippen molar-refractivity contribution in [2.45, 2.75) is 18.9 Å². The van der Waals surface area contributed by atoms with E-state index in [2.05, 4.69) is 20.9 Å². The van der Waals surface area contributed by atoms with E-state index in [1.54, 1.807) is 19.4 Å². The van der Waals surface area contributed by atoms with E-state index in [1.807, 2.05) is 18.2 Å². The first-order valence-electron chi connectivity index (χ1n) is 6.67. The topological polar surface area (TPSA) is 38.2 Å². The predicted molar refractivity (Wildman–Crippen MR) is 79.4 cm³/mol. The average molecular weight is 290 g/mol. The van der Waals surface area contributed by atoms with Crippen molar-refractivity contribution in [3.8, 4) is 5.88 Å². The van der Waals surface area contributed by atoms with Crippen molar-refractivity contribution in [1.29, 1.82) is 0 Å². The third kappa shape index (κ3) is 2.56. The zero-order valence-corrected chi connectivity index (χ0v) is 12.0. The van der Waals surface area contributed by atoms with Gasteiger partial charge in [0.05, 0.1) is 13.2 Å². The van der Waals surface area contributed by atoms with Gasteiger partial charge in [-0.25, -0.2) is 4.98 Å². The largest absolute Gasteiger partial charge is 0.481 e. The molecule has 5 heteroatoms.